The zero-order valence-corrected chi connectivity index (χ0v) is 11.0. The molecule has 1 heterocycles. The summed E-state index contributed by atoms with van der Waals surface area (Å²) in [5, 5.41) is 4.01. The van der Waals surface area contributed by atoms with Crippen molar-refractivity contribution in [1.29, 1.82) is 0 Å². The Morgan fingerprint density at radius 2 is 2.17 bits per heavy atom. The third-order valence-corrected chi connectivity index (χ3v) is 4.00. The summed E-state index contributed by atoms with van der Waals surface area (Å²) < 4.78 is 5.34. The number of nitrogens with two attached hydrogens (primary N) is 1. The number of hydrogen-bond donors (Lipinski definition) is 1. The molecule has 1 aliphatic rings. The van der Waals surface area contributed by atoms with Crippen LogP contribution in [-0.4, -0.2) is 16.4 Å². The van der Waals surface area contributed by atoms with E-state index >= 15 is 0 Å². The van der Waals surface area contributed by atoms with Gasteiger partial charge < -0.3 is 10.3 Å². The van der Waals surface area contributed by atoms with Crippen molar-refractivity contribution in [3.8, 4) is 11.5 Å². The summed E-state index contributed by atoms with van der Waals surface area (Å²) in [6.07, 6.45) is 4.38. The van der Waals surface area contributed by atoms with Gasteiger partial charge in [-0.25, -0.2) is 0 Å². The molecule has 1 fully saturated rings. The van der Waals surface area contributed by atoms with Gasteiger partial charge in [0.15, 0.2) is 5.82 Å². The molecular weight excluding hydrogens is 246 g/mol. The van der Waals surface area contributed by atoms with Crippen molar-refractivity contribution < 1.29 is 4.52 Å². The van der Waals surface area contributed by atoms with Gasteiger partial charge in [-0.15, -0.1) is 11.8 Å². The second kappa shape index (κ2) is 4.74. The Balaban J connectivity index is 1.92. The minimum Gasteiger partial charge on any atom is -0.334 e. The lowest BCUT2D eigenvalue weighted by Crippen LogP contribution is -2.13. The molecule has 0 aliphatic heterocycles. The Hall–Kier alpha value is -1.33. The van der Waals surface area contributed by atoms with Crippen LogP contribution in [0.1, 0.15) is 24.7 Å². The largest absolute Gasteiger partial charge is 0.334 e. The molecule has 1 aromatic heterocycles. The maximum absolute atomic E-state index is 6.07. The van der Waals surface area contributed by atoms with Gasteiger partial charge in [-0.1, -0.05) is 17.3 Å². The van der Waals surface area contributed by atoms with Crippen LogP contribution in [-0.2, 0) is 0 Å². The molecule has 0 saturated heterocycles. The van der Waals surface area contributed by atoms with E-state index in [0.29, 0.717) is 17.6 Å². The van der Waals surface area contributed by atoms with Crippen molar-refractivity contribution >= 4 is 11.8 Å². The lowest BCUT2D eigenvalue weighted by atomic mass is 10.2. The first-order valence-corrected chi connectivity index (χ1v) is 7.24. The summed E-state index contributed by atoms with van der Waals surface area (Å²) in [6, 6.07) is 7.93. The number of aromatic nitrogens is 2. The van der Waals surface area contributed by atoms with Gasteiger partial charge in [0.05, 0.1) is 11.6 Å². The number of hydrogen-bond acceptors (Lipinski definition) is 5. The first kappa shape index (κ1) is 11.7. The van der Waals surface area contributed by atoms with E-state index in [4.69, 9.17) is 10.3 Å². The smallest absolute Gasteiger partial charge is 0.259 e. The van der Waals surface area contributed by atoms with Crippen molar-refractivity contribution in [3.63, 3.8) is 0 Å². The van der Waals surface area contributed by atoms with Crippen molar-refractivity contribution in [2.45, 2.75) is 23.8 Å². The normalized spacial score (nSPS) is 16.8. The molecule has 1 atom stereocenters. The number of thioether (sulfide) groups is 1. The number of rotatable bonds is 4. The summed E-state index contributed by atoms with van der Waals surface area (Å²) >= 11 is 1.67. The molecule has 0 bridgehead atoms. The van der Waals surface area contributed by atoms with E-state index in [1.807, 2.05) is 30.5 Å². The summed E-state index contributed by atoms with van der Waals surface area (Å²) in [5.74, 6) is 1.72. The Morgan fingerprint density at radius 1 is 1.39 bits per heavy atom. The highest BCUT2D eigenvalue weighted by molar-refractivity contribution is 7.98. The Bertz CT molecular complexity index is 551. The summed E-state index contributed by atoms with van der Waals surface area (Å²) in [5.41, 5.74) is 7.05. The fourth-order valence-electron chi connectivity index (χ4n) is 1.97. The van der Waals surface area contributed by atoms with Crippen LogP contribution in [0.4, 0.5) is 0 Å². The van der Waals surface area contributed by atoms with E-state index in [9.17, 15) is 0 Å². The Kier molecular flexibility index (Phi) is 3.09. The average molecular weight is 261 g/mol. The van der Waals surface area contributed by atoms with E-state index in [1.165, 1.54) is 12.8 Å². The second-order valence-electron chi connectivity index (χ2n) is 4.52. The molecule has 2 N–H and O–H groups in total. The van der Waals surface area contributed by atoms with Crippen LogP contribution >= 0.6 is 11.8 Å². The van der Waals surface area contributed by atoms with Crippen molar-refractivity contribution in [2.75, 3.05) is 6.26 Å². The van der Waals surface area contributed by atoms with E-state index in [2.05, 4.69) is 10.1 Å². The van der Waals surface area contributed by atoms with E-state index in [-0.39, 0.29) is 6.04 Å². The molecule has 5 heteroatoms. The molecular formula is C13H15N3OS. The quantitative estimate of drug-likeness (QED) is 0.857. The van der Waals surface area contributed by atoms with Gasteiger partial charge in [0.1, 0.15) is 0 Å². The fraction of sp³-hybridized carbons (Fsp3) is 0.385. The van der Waals surface area contributed by atoms with Crippen LogP contribution in [0.5, 0.6) is 0 Å². The van der Waals surface area contributed by atoms with Gasteiger partial charge in [0.25, 0.3) is 5.89 Å². The highest BCUT2D eigenvalue weighted by atomic mass is 32.2. The van der Waals surface area contributed by atoms with Crippen LogP contribution in [0.15, 0.2) is 33.7 Å². The van der Waals surface area contributed by atoms with Crippen molar-refractivity contribution in [1.82, 2.24) is 10.1 Å². The van der Waals surface area contributed by atoms with Gasteiger partial charge in [-0.05, 0) is 37.1 Å². The van der Waals surface area contributed by atoms with Crippen LogP contribution in [0, 0.1) is 5.92 Å². The van der Waals surface area contributed by atoms with E-state index < -0.39 is 0 Å². The van der Waals surface area contributed by atoms with Gasteiger partial charge in [-0.3, -0.25) is 0 Å². The van der Waals surface area contributed by atoms with Crippen molar-refractivity contribution in [2.24, 2.45) is 11.7 Å². The zero-order valence-electron chi connectivity index (χ0n) is 10.2. The lowest BCUT2D eigenvalue weighted by Gasteiger charge is -2.03. The average Bonchev–Trinajstić information content (AvgIpc) is 3.15. The Labute approximate surface area is 110 Å². The molecule has 1 saturated carbocycles. The molecule has 18 heavy (non-hydrogen) atoms. The van der Waals surface area contributed by atoms with Crippen LogP contribution in [0.3, 0.4) is 0 Å². The predicted molar refractivity (Wildman–Crippen MR) is 71.2 cm³/mol. The molecule has 4 nitrogen and oxygen atoms in total. The molecule has 1 aliphatic carbocycles. The molecule has 1 aromatic carbocycles. The van der Waals surface area contributed by atoms with Crippen LogP contribution < -0.4 is 5.73 Å². The third-order valence-electron chi connectivity index (χ3n) is 3.21. The number of benzene rings is 1. The van der Waals surface area contributed by atoms with Gasteiger partial charge in [-0.2, -0.15) is 4.98 Å². The lowest BCUT2D eigenvalue weighted by molar-refractivity contribution is 0.411. The molecule has 0 radical (unpaired) electrons. The maximum atomic E-state index is 6.07. The predicted octanol–water partition coefficient (Wildman–Crippen LogP) is 2.87. The molecule has 94 valence electrons. The van der Waals surface area contributed by atoms with Gasteiger partial charge in [0, 0.05) is 4.90 Å². The van der Waals surface area contributed by atoms with E-state index in [0.717, 1.165) is 10.5 Å². The maximum Gasteiger partial charge on any atom is 0.259 e. The highest BCUT2D eigenvalue weighted by Crippen LogP contribution is 2.39. The monoisotopic (exact) mass is 261 g/mol. The minimum absolute atomic E-state index is 0.0797. The standard InChI is InChI=1S/C13H15N3OS/c1-18-10-5-3-2-4-9(10)13-15-12(16-17-13)11(14)8-6-7-8/h2-5,8,11H,6-7,14H2,1H3. The third kappa shape index (κ3) is 2.15. The fourth-order valence-corrected chi connectivity index (χ4v) is 2.56. The zero-order chi connectivity index (χ0) is 12.5. The van der Waals surface area contributed by atoms with Gasteiger partial charge in [0.2, 0.25) is 0 Å². The van der Waals surface area contributed by atoms with Gasteiger partial charge >= 0.3 is 0 Å². The topological polar surface area (TPSA) is 64.9 Å². The first-order chi connectivity index (χ1) is 8.79. The molecule has 0 amide bonds. The van der Waals surface area contributed by atoms with E-state index in [1.54, 1.807) is 11.8 Å². The second-order valence-corrected chi connectivity index (χ2v) is 5.37. The molecule has 1 unspecified atom stereocenters. The molecule has 3 rings (SSSR count). The first-order valence-electron chi connectivity index (χ1n) is 6.02. The molecule has 2 aromatic rings. The highest BCUT2D eigenvalue weighted by Gasteiger charge is 2.32. The SMILES string of the molecule is CSc1ccccc1-c1nc(C(N)C2CC2)no1. The summed E-state index contributed by atoms with van der Waals surface area (Å²) in [7, 11) is 0. The van der Waals surface area contributed by atoms with Crippen LogP contribution in [0.25, 0.3) is 11.5 Å². The summed E-state index contributed by atoms with van der Waals surface area (Å²) in [6.45, 7) is 0. The molecule has 0 spiro atoms. The summed E-state index contributed by atoms with van der Waals surface area (Å²) in [4.78, 5) is 5.57. The minimum atomic E-state index is -0.0797. The Morgan fingerprint density at radius 3 is 2.89 bits per heavy atom. The number of nitrogens with zero attached hydrogens (tertiary/aromatic N) is 2. The van der Waals surface area contributed by atoms with Crippen LogP contribution in [0.2, 0.25) is 0 Å². The van der Waals surface area contributed by atoms with Crippen molar-refractivity contribution in [3.05, 3.63) is 30.1 Å².